The van der Waals surface area contributed by atoms with Crippen molar-refractivity contribution in [2.24, 2.45) is 0 Å². The molecule has 0 radical (unpaired) electrons. The van der Waals surface area contributed by atoms with Crippen LogP contribution in [0.15, 0.2) is 212 Å². The van der Waals surface area contributed by atoms with E-state index in [9.17, 15) is 0 Å². The molecule has 0 aliphatic rings. The fourth-order valence-electron chi connectivity index (χ4n) is 9.01. The third-order valence-electron chi connectivity index (χ3n) is 11.7. The van der Waals surface area contributed by atoms with Gasteiger partial charge < -0.3 is 4.57 Å². The second-order valence-corrected chi connectivity index (χ2v) is 15.2. The van der Waals surface area contributed by atoms with Gasteiger partial charge in [0.15, 0.2) is 11.6 Å². The van der Waals surface area contributed by atoms with Gasteiger partial charge in [-0.3, -0.25) is 4.57 Å². The Morgan fingerprint density at radius 1 is 0.317 bits per heavy atom. The number of rotatable bonds is 6. The van der Waals surface area contributed by atoms with Crippen molar-refractivity contribution in [2.75, 3.05) is 0 Å². The minimum Gasteiger partial charge on any atom is -0.307 e. The summed E-state index contributed by atoms with van der Waals surface area (Å²) >= 11 is 0. The van der Waals surface area contributed by atoms with E-state index in [0.717, 1.165) is 71.7 Å². The minimum absolute atomic E-state index is 0.558. The Bertz CT molecular complexity index is 3530. The maximum atomic E-state index is 5.35. The highest BCUT2D eigenvalue weighted by Crippen LogP contribution is 2.46. The molecule has 9 aromatic carbocycles. The molecule has 0 unspecified atom stereocenters. The zero-order chi connectivity index (χ0) is 39.6. The van der Waals surface area contributed by atoms with E-state index in [1.54, 1.807) is 0 Å². The normalized spacial score (nSPS) is 11.7. The summed E-state index contributed by atoms with van der Waals surface area (Å²) in [6, 6.07) is 75.2. The van der Waals surface area contributed by atoms with Gasteiger partial charge in [-0.05, 0) is 69.4 Å². The summed E-state index contributed by atoms with van der Waals surface area (Å²) in [4.78, 5) is 15.8. The number of nitrogens with zero attached hydrogens (tertiary/aromatic N) is 5. The third-order valence-corrected chi connectivity index (χ3v) is 11.7. The van der Waals surface area contributed by atoms with Gasteiger partial charge in [-0.1, -0.05) is 176 Å². The molecule has 0 amide bonds. The lowest BCUT2D eigenvalue weighted by Gasteiger charge is -2.15. The van der Waals surface area contributed by atoms with Gasteiger partial charge in [0.05, 0.1) is 22.1 Å². The van der Waals surface area contributed by atoms with Crippen molar-refractivity contribution in [2.45, 2.75) is 0 Å². The lowest BCUT2D eigenvalue weighted by atomic mass is 9.96. The lowest BCUT2D eigenvalue weighted by molar-refractivity contribution is 0.953. The first-order valence-corrected chi connectivity index (χ1v) is 20.3. The van der Waals surface area contributed by atoms with Gasteiger partial charge in [-0.2, -0.15) is 9.97 Å². The van der Waals surface area contributed by atoms with Crippen molar-refractivity contribution in [3.8, 4) is 56.7 Å². The molecule has 3 heterocycles. The Labute approximate surface area is 346 Å². The first-order chi connectivity index (χ1) is 29.8. The fourth-order valence-corrected chi connectivity index (χ4v) is 9.01. The third kappa shape index (κ3) is 5.44. The van der Waals surface area contributed by atoms with Crippen LogP contribution in [0.4, 0.5) is 0 Å². The maximum Gasteiger partial charge on any atom is 0.238 e. The Hall–Kier alpha value is -8.15. The van der Waals surface area contributed by atoms with Crippen LogP contribution in [0.5, 0.6) is 0 Å². The molecule has 0 atom stereocenters. The van der Waals surface area contributed by atoms with Crippen LogP contribution in [-0.4, -0.2) is 24.1 Å². The average molecular weight is 766 g/mol. The first-order valence-electron chi connectivity index (χ1n) is 20.3. The van der Waals surface area contributed by atoms with Crippen molar-refractivity contribution in [1.82, 2.24) is 24.1 Å². The van der Waals surface area contributed by atoms with Gasteiger partial charge in [0.2, 0.25) is 5.95 Å². The maximum absolute atomic E-state index is 5.35. The van der Waals surface area contributed by atoms with Crippen LogP contribution in [0.25, 0.3) is 111 Å². The zero-order valence-electron chi connectivity index (χ0n) is 32.4. The summed E-state index contributed by atoms with van der Waals surface area (Å²) in [5.74, 6) is 1.79. The summed E-state index contributed by atoms with van der Waals surface area (Å²) in [5.41, 5.74) is 11.8. The van der Waals surface area contributed by atoms with Gasteiger partial charge in [0.25, 0.3) is 0 Å². The second kappa shape index (κ2) is 13.8. The second-order valence-electron chi connectivity index (χ2n) is 15.2. The van der Waals surface area contributed by atoms with E-state index in [2.05, 4.69) is 185 Å². The van der Waals surface area contributed by atoms with Crippen LogP contribution in [0.2, 0.25) is 0 Å². The SMILES string of the molecule is c1ccc(-c2nc(-c3ccccc3)nc(-n3c4ccccc4c4c(-c5ccccc5)cc5c6ccccc6n(-c6cccc(-c7ccc8ccccc8c7)c6)c5c43)n2)cc1. The summed E-state index contributed by atoms with van der Waals surface area (Å²) in [5, 5.41) is 7.04. The summed E-state index contributed by atoms with van der Waals surface area (Å²) < 4.78 is 4.72. The fraction of sp³-hybridized carbons (Fsp3) is 0. The molecule has 5 heteroatoms. The molecule has 0 saturated heterocycles. The molecule has 0 saturated carbocycles. The average Bonchev–Trinajstić information content (AvgIpc) is 3.85. The Kier molecular flexibility index (Phi) is 7.78. The summed E-state index contributed by atoms with van der Waals surface area (Å²) in [6.07, 6.45) is 0. The molecule has 0 bridgehead atoms. The molecular weight excluding hydrogens is 731 g/mol. The smallest absolute Gasteiger partial charge is 0.238 e. The number of aromatic nitrogens is 5. The van der Waals surface area contributed by atoms with Crippen LogP contribution < -0.4 is 0 Å². The van der Waals surface area contributed by atoms with E-state index in [1.807, 2.05) is 36.4 Å². The van der Waals surface area contributed by atoms with E-state index in [1.165, 1.54) is 21.7 Å². The number of hydrogen-bond donors (Lipinski definition) is 0. The van der Waals surface area contributed by atoms with E-state index >= 15 is 0 Å². The van der Waals surface area contributed by atoms with Gasteiger partial charge in [-0.25, -0.2) is 4.98 Å². The zero-order valence-corrected chi connectivity index (χ0v) is 32.4. The molecule has 60 heavy (non-hydrogen) atoms. The highest BCUT2D eigenvalue weighted by Gasteiger charge is 2.26. The van der Waals surface area contributed by atoms with Crippen molar-refractivity contribution in [3.05, 3.63) is 212 Å². The molecule has 5 nitrogen and oxygen atoms in total. The Morgan fingerprint density at radius 2 is 0.867 bits per heavy atom. The number of hydrogen-bond acceptors (Lipinski definition) is 3. The van der Waals surface area contributed by atoms with Crippen LogP contribution in [0, 0.1) is 0 Å². The Morgan fingerprint density at radius 3 is 1.57 bits per heavy atom. The molecule has 12 aromatic rings. The molecule has 12 rings (SSSR count). The van der Waals surface area contributed by atoms with E-state index in [4.69, 9.17) is 15.0 Å². The molecule has 0 fully saturated rings. The molecule has 280 valence electrons. The number of fused-ring (bicyclic) bond motifs is 8. The lowest BCUT2D eigenvalue weighted by Crippen LogP contribution is -2.07. The van der Waals surface area contributed by atoms with E-state index in [0.29, 0.717) is 17.6 Å². The van der Waals surface area contributed by atoms with Crippen LogP contribution in [0.1, 0.15) is 0 Å². The molecule has 3 aromatic heterocycles. The van der Waals surface area contributed by atoms with Gasteiger partial charge in [-0.15, -0.1) is 0 Å². The highest BCUT2D eigenvalue weighted by molar-refractivity contribution is 6.28. The van der Waals surface area contributed by atoms with Crippen LogP contribution in [0.3, 0.4) is 0 Å². The molecule has 0 N–H and O–H groups in total. The van der Waals surface area contributed by atoms with E-state index < -0.39 is 0 Å². The quantitative estimate of drug-likeness (QED) is 0.169. The number of benzene rings is 9. The van der Waals surface area contributed by atoms with E-state index in [-0.39, 0.29) is 0 Å². The minimum atomic E-state index is 0.558. The van der Waals surface area contributed by atoms with Crippen molar-refractivity contribution < 1.29 is 0 Å². The van der Waals surface area contributed by atoms with Gasteiger partial charge in [0, 0.05) is 38.4 Å². The van der Waals surface area contributed by atoms with Crippen molar-refractivity contribution in [1.29, 1.82) is 0 Å². The van der Waals surface area contributed by atoms with Crippen LogP contribution in [-0.2, 0) is 0 Å². The molecule has 0 aliphatic carbocycles. The topological polar surface area (TPSA) is 48.5 Å². The molecular formula is C55H35N5. The predicted molar refractivity (Wildman–Crippen MR) is 248 cm³/mol. The standard InChI is InChI=1S/C55H35N5/c1-4-18-37(19-5-1)46-35-47-44-27-12-14-29-48(44)59(43-26-16-25-41(34-43)42-32-31-36-17-10-11-24-40(36)33-42)51(47)52-50(46)45-28-13-15-30-49(45)60(52)55-57-53(38-20-6-2-7-21-38)56-54(58-55)39-22-8-3-9-23-39/h1-35H. The highest BCUT2D eigenvalue weighted by atomic mass is 15.2. The first kappa shape index (κ1) is 33.9. The summed E-state index contributed by atoms with van der Waals surface area (Å²) in [6.45, 7) is 0. The van der Waals surface area contributed by atoms with Gasteiger partial charge >= 0.3 is 0 Å². The largest absolute Gasteiger partial charge is 0.307 e. The van der Waals surface area contributed by atoms with Crippen molar-refractivity contribution in [3.63, 3.8) is 0 Å². The monoisotopic (exact) mass is 765 g/mol. The molecule has 0 aliphatic heterocycles. The predicted octanol–water partition coefficient (Wildman–Crippen LogP) is 13.9. The summed E-state index contributed by atoms with van der Waals surface area (Å²) in [7, 11) is 0. The number of para-hydroxylation sites is 2. The Balaban J connectivity index is 1.24. The van der Waals surface area contributed by atoms with Gasteiger partial charge in [0.1, 0.15) is 0 Å². The molecule has 0 spiro atoms. The van der Waals surface area contributed by atoms with Crippen LogP contribution >= 0.6 is 0 Å². The van der Waals surface area contributed by atoms with Crippen molar-refractivity contribution >= 4 is 54.4 Å².